The van der Waals surface area contributed by atoms with Crippen LogP contribution < -0.4 is 10.6 Å². The number of carbonyl (C=O) groups is 3. The van der Waals surface area contributed by atoms with E-state index in [4.69, 9.17) is 9.63 Å². The molecule has 1 aliphatic rings. The minimum absolute atomic E-state index is 0.124. The maximum Gasteiger partial charge on any atom is 0.225 e. The molecule has 3 amide bonds. The Labute approximate surface area is 233 Å². The molecule has 0 radical (unpaired) electrons. The molecular formula is C30H48N4O5. The zero-order chi connectivity index (χ0) is 29.8. The van der Waals surface area contributed by atoms with E-state index in [-0.39, 0.29) is 34.9 Å². The van der Waals surface area contributed by atoms with Crippen molar-refractivity contribution < 1.29 is 24.0 Å². The molecular weight excluding hydrogens is 496 g/mol. The normalized spacial score (nSPS) is 17.6. The molecule has 1 aromatic heterocycles. The highest BCUT2D eigenvalue weighted by atomic mass is 16.5. The van der Waals surface area contributed by atoms with Crippen LogP contribution in [0.1, 0.15) is 79.5 Å². The van der Waals surface area contributed by atoms with Gasteiger partial charge in [-0.3, -0.25) is 14.4 Å². The van der Waals surface area contributed by atoms with E-state index in [9.17, 15) is 14.4 Å². The molecule has 1 saturated heterocycles. The summed E-state index contributed by atoms with van der Waals surface area (Å²) in [7, 11) is 0. The first kappa shape index (κ1) is 33.8. The van der Waals surface area contributed by atoms with Crippen LogP contribution in [-0.4, -0.2) is 58.6 Å². The van der Waals surface area contributed by atoms with Gasteiger partial charge in [-0.25, -0.2) is 0 Å². The van der Waals surface area contributed by atoms with E-state index in [1.54, 1.807) is 11.2 Å². The smallest absolute Gasteiger partial charge is 0.225 e. The molecule has 1 aromatic carbocycles. The number of rotatable bonds is 8. The van der Waals surface area contributed by atoms with Crippen molar-refractivity contribution in [1.82, 2.24) is 20.7 Å². The molecule has 0 saturated carbocycles. The second kappa shape index (κ2) is 15.4. The topological polar surface area (TPSA) is 125 Å². The Kier molecular flexibility index (Phi) is 13.4. The van der Waals surface area contributed by atoms with Gasteiger partial charge in [0.05, 0.1) is 11.8 Å². The van der Waals surface area contributed by atoms with E-state index >= 15 is 0 Å². The fourth-order valence-electron chi connectivity index (χ4n) is 3.47. The highest BCUT2D eigenvalue weighted by molar-refractivity contribution is 5.82. The van der Waals surface area contributed by atoms with Crippen LogP contribution in [0.15, 0.2) is 35.1 Å². The molecule has 3 N–H and O–H groups in total. The van der Waals surface area contributed by atoms with Gasteiger partial charge in [0.2, 0.25) is 18.7 Å². The van der Waals surface area contributed by atoms with Crippen molar-refractivity contribution in [2.24, 2.45) is 10.8 Å². The quantitative estimate of drug-likeness (QED) is 0.421. The summed E-state index contributed by atoms with van der Waals surface area (Å²) in [4.78, 5) is 33.8. The number of aryl methyl sites for hydroxylation is 1. The molecule has 3 rings (SSSR count). The molecule has 1 fully saturated rings. The van der Waals surface area contributed by atoms with Gasteiger partial charge in [-0.1, -0.05) is 71.0 Å². The third kappa shape index (κ3) is 11.2. The van der Waals surface area contributed by atoms with Crippen LogP contribution in [0.25, 0.3) is 11.1 Å². The average Bonchev–Trinajstić information content (AvgIpc) is 3.46. The van der Waals surface area contributed by atoms with Crippen molar-refractivity contribution in [2.45, 2.75) is 99.9 Å². The molecule has 9 heteroatoms. The third-order valence-electron chi connectivity index (χ3n) is 7.29. The fourth-order valence-corrected chi connectivity index (χ4v) is 3.47. The van der Waals surface area contributed by atoms with Crippen LogP contribution in [-0.2, 0) is 20.9 Å². The molecule has 3 unspecified atom stereocenters. The largest absolute Gasteiger partial charge is 0.391 e. The summed E-state index contributed by atoms with van der Waals surface area (Å²) in [5, 5.41) is 18.5. The lowest BCUT2D eigenvalue weighted by atomic mass is 9.85. The van der Waals surface area contributed by atoms with Crippen LogP contribution in [0.3, 0.4) is 0 Å². The van der Waals surface area contributed by atoms with Gasteiger partial charge < -0.3 is 25.2 Å². The van der Waals surface area contributed by atoms with E-state index in [0.717, 1.165) is 41.6 Å². The Balaban J connectivity index is 0.000000304. The number of aliphatic hydroxyl groups excluding tert-OH is 1. The van der Waals surface area contributed by atoms with Crippen LogP contribution in [0.2, 0.25) is 0 Å². The van der Waals surface area contributed by atoms with Crippen molar-refractivity contribution in [2.75, 3.05) is 6.54 Å². The zero-order valence-electron chi connectivity index (χ0n) is 25.1. The Morgan fingerprint density at radius 3 is 2.21 bits per heavy atom. The van der Waals surface area contributed by atoms with Crippen LogP contribution in [0.4, 0.5) is 0 Å². The maximum atomic E-state index is 11.8. The van der Waals surface area contributed by atoms with Gasteiger partial charge in [-0.15, -0.1) is 0 Å². The highest BCUT2D eigenvalue weighted by Crippen LogP contribution is 2.24. The lowest BCUT2D eigenvalue weighted by Crippen LogP contribution is -2.46. The highest BCUT2D eigenvalue weighted by Gasteiger charge is 2.29. The van der Waals surface area contributed by atoms with E-state index in [0.29, 0.717) is 19.5 Å². The van der Waals surface area contributed by atoms with Gasteiger partial charge in [0.1, 0.15) is 6.26 Å². The molecule has 218 valence electrons. The number of nitrogens with one attached hydrogen (secondary N) is 2. The molecule has 39 heavy (non-hydrogen) atoms. The molecule has 9 nitrogen and oxygen atoms in total. The number of carbonyl (C=O) groups excluding carboxylic acids is 3. The summed E-state index contributed by atoms with van der Waals surface area (Å²) < 4.78 is 4.89. The van der Waals surface area contributed by atoms with Crippen molar-refractivity contribution in [3.63, 3.8) is 0 Å². The van der Waals surface area contributed by atoms with Crippen LogP contribution in [0, 0.1) is 17.8 Å². The van der Waals surface area contributed by atoms with Crippen molar-refractivity contribution in [3.8, 4) is 11.1 Å². The molecule has 0 aliphatic carbocycles. The van der Waals surface area contributed by atoms with Gasteiger partial charge in [-0.2, -0.15) is 0 Å². The van der Waals surface area contributed by atoms with E-state index in [1.165, 1.54) is 0 Å². The van der Waals surface area contributed by atoms with Crippen molar-refractivity contribution >= 4 is 18.7 Å². The number of hydrogen-bond donors (Lipinski definition) is 3. The summed E-state index contributed by atoms with van der Waals surface area (Å²) in [6.07, 6.45) is 4.41. The van der Waals surface area contributed by atoms with E-state index < -0.39 is 0 Å². The number of aromatic nitrogens is 1. The second-order valence-corrected chi connectivity index (χ2v) is 11.8. The Morgan fingerprint density at radius 2 is 1.82 bits per heavy atom. The summed E-state index contributed by atoms with van der Waals surface area (Å²) >= 11 is 0. The number of benzene rings is 1. The first-order chi connectivity index (χ1) is 18.2. The molecule has 3 atom stereocenters. The molecule has 2 aromatic rings. The maximum absolute atomic E-state index is 11.8. The van der Waals surface area contributed by atoms with Gasteiger partial charge in [0.25, 0.3) is 0 Å². The lowest BCUT2D eigenvalue weighted by molar-refractivity contribution is -0.130. The van der Waals surface area contributed by atoms with E-state index in [1.807, 2.05) is 58.9 Å². The minimum Gasteiger partial charge on any atom is -0.391 e. The summed E-state index contributed by atoms with van der Waals surface area (Å²) in [6.45, 7) is 19.4. The fraction of sp³-hybridized carbons (Fsp3) is 0.600. The Hall–Kier alpha value is -3.20. The number of amides is 3. The lowest BCUT2D eigenvalue weighted by Gasteiger charge is -2.31. The summed E-state index contributed by atoms with van der Waals surface area (Å²) in [5.41, 5.74) is 3.87. The SMILES string of the molecule is CC1CC(O)CN1C=O.CCC(C)(C)C(=O)NC(C)C(C)(C)C.Cc1nocc1-c1ccc(CNC=O)cc1. The molecule has 1 aliphatic heterocycles. The van der Waals surface area contributed by atoms with Crippen molar-refractivity contribution in [3.05, 3.63) is 41.8 Å². The predicted octanol–water partition coefficient (Wildman–Crippen LogP) is 4.47. The minimum atomic E-state index is -0.301. The Morgan fingerprint density at radius 1 is 1.21 bits per heavy atom. The van der Waals surface area contributed by atoms with Gasteiger partial charge >= 0.3 is 0 Å². The number of aliphatic hydroxyl groups is 1. The molecule has 2 heterocycles. The summed E-state index contributed by atoms with van der Waals surface area (Å²) in [5.74, 6) is 0.155. The van der Waals surface area contributed by atoms with Crippen molar-refractivity contribution in [1.29, 1.82) is 0 Å². The van der Waals surface area contributed by atoms with Crippen LogP contribution in [0.5, 0.6) is 0 Å². The summed E-state index contributed by atoms with van der Waals surface area (Å²) in [6, 6.07) is 8.34. The first-order valence-corrected chi connectivity index (χ1v) is 13.5. The monoisotopic (exact) mass is 544 g/mol. The number of likely N-dealkylation sites (tertiary alicyclic amines) is 1. The van der Waals surface area contributed by atoms with Crippen LogP contribution >= 0.6 is 0 Å². The third-order valence-corrected chi connectivity index (χ3v) is 7.29. The van der Waals surface area contributed by atoms with Gasteiger partial charge in [0.15, 0.2) is 0 Å². The Bertz CT molecular complexity index is 1030. The average molecular weight is 545 g/mol. The first-order valence-electron chi connectivity index (χ1n) is 13.5. The zero-order valence-corrected chi connectivity index (χ0v) is 25.1. The number of hydrogen-bond acceptors (Lipinski definition) is 6. The molecule has 0 bridgehead atoms. The molecule has 0 spiro atoms. The van der Waals surface area contributed by atoms with Gasteiger partial charge in [-0.05, 0) is 50.2 Å². The standard InChI is InChI=1S/C12H12N2O2.C12H25NO.C6H11NO2/c1-9-12(7-16-14-9)11-4-2-10(3-5-11)6-13-8-15;1-8-12(6,7)10(14)13-9(2)11(3,4)5;1-5-2-6(9)3-7(5)4-8/h2-5,7-8H,6H2,1H3,(H,13,15);9H,8H2,1-7H3,(H,13,14);4-6,9H,2-3H2,1H3. The second-order valence-electron chi connectivity index (χ2n) is 11.8. The van der Waals surface area contributed by atoms with E-state index in [2.05, 4.69) is 43.5 Å². The van der Waals surface area contributed by atoms with Gasteiger partial charge in [0, 0.05) is 36.2 Å². The predicted molar refractivity (Wildman–Crippen MR) is 154 cm³/mol. The number of nitrogens with zero attached hydrogens (tertiary/aromatic N) is 2. The number of β-amino-alcohol motifs (C(OH)–C–C–N with tert-alkyl or cyclic N) is 1.